The van der Waals surface area contributed by atoms with E-state index in [1.165, 1.54) is 5.56 Å². The molecule has 0 fully saturated rings. The SMILES string of the molecule is Cc1ccccc1C(C)(O)C1CCCc2cccnc21. The Hall–Kier alpha value is -1.67. The Morgan fingerprint density at radius 1 is 1.20 bits per heavy atom. The van der Waals surface area contributed by atoms with Gasteiger partial charge in [0.15, 0.2) is 0 Å². The number of fused-ring (bicyclic) bond motifs is 1. The molecule has 2 unspecified atom stereocenters. The molecule has 0 saturated heterocycles. The fourth-order valence-electron chi connectivity index (χ4n) is 3.49. The van der Waals surface area contributed by atoms with Gasteiger partial charge in [0.1, 0.15) is 0 Å². The molecule has 2 atom stereocenters. The van der Waals surface area contributed by atoms with E-state index in [9.17, 15) is 5.11 Å². The maximum atomic E-state index is 11.2. The highest BCUT2D eigenvalue weighted by Crippen LogP contribution is 2.43. The zero-order valence-corrected chi connectivity index (χ0v) is 12.1. The van der Waals surface area contributed by atoms with E-state index in [2.05, 4.69) is 24.0 Å². The number of pyridine rings is 1. The minimum atomic E-state index is -0.866. The summed E-state index contributed by atoms with van der Waals surface area (Å²) in [6, 6.07) is 12.2. The monoisotopic (exact) mass is 267 g/mol. The smallest absolute Gasteiger partial charge is 0.0954 e. The lowest BCUT2D eigenvalue weighted by Crippen LogP contribution is -2.34. The Morgan fingerprint density at radius 2 is 2.00 bits per heavy atom. The van der Waals surface area contributed by atoms with E-state index in [1.54, 1.807) is 0 Å². The van der Waals surface area contributed by atoms with Crippen molar-refractivity contribution in [1.82, 2.24) is 4.98 Å². The van der Waals surface area contributed by atoms with Gasteiger partial charge in [-0.1, -0.05) is 30.3 Å². The Bertz CT molecular complexity index is 618. The molecule has 1 aliphatic rings. The normalized spacial score (nSPS) is 21.1. The van der Waals surface area contributed by atoms with E-state index >= 15 is 0 Å². The number of nitrogens with zero attached hydrogens (tertiary/aromatic N) is 1. The standard InChI is InChI=1S/C18H21NO/c1-13-7-3-4-10-15(13)18(2,20)16-11-5-8-14-9-6-12-19-17(14)16/h3-4,6-7,9-10,12,16,20H,5,8,11H2,1-2H3. The molecule has 1 aliphatic carbocycles. The summed E-state index contributed by atoms with van der Waals surface area (Å²) in [7, 11) is 0. The molecule has 0 aliphatic heterocycles. The molecule has 0 saturated carbocycles. The van der Waals surface area contributed by atoms with Crippen LogP contribution in [0.15, 0.2) is 42.6 Å². The lowest BCUT2D eigenvalue weighted by Gasteiger charge is -2.37. The van der Waals surface area contributed by atoms with Gasteiger partial charge in [-0.15, -0.1) is 0 Å². The van der Waals surface area contributed by atoms with Gasteiger partial charge in [0.25, 0.3) is 0 Å². The van der Waals surface area contributed by atoms with Crippen LogP contribution in [0.3, 0.4) is 0 Å². The minimum Gasteiger partial charge on any atom is -0.385 e. The lowest BCUT2D eigenvalue weighted by atomic mass is 9.72. The van der Waals surface area contributed by atoms with Gasteiger partial charge in [0, 0.05) is 17.8 Å². The molecule has 1 aromatic heterocycles. The Labute approximate surface area is 120 Å². The molecule has 0 bridgehead atoms. The second-order valence-electron chi connectivity index (χ2n) is 5.96. The topological polar surface area (TPSA) is 33.1 Å². The van der Waals surface area contributed by atoms with E-state index in [0.29, 0.717) is 0 Å². The van der Waals surface area contributed by atoms with Crippen molar-refractivity contribution < 1.29 is 5.11 Å². The molecule has 1 heterocycles. The van der Waals surface area contributed by atoms with E-state index < -0.39 is 5.60 Å². The van der Waals surface area contributed by atoms with Crippen molar-refractivity contribution >= 4 is 0 Å². The quantitative estimate of drug-likeness (QED) is 0.899. The average Bonchev–Trinajstić information content (AvgIpc) is 2.47. The summed E-state index contributed by atoms with van der Waals surface area (Å²) >= 11 is 0. The molecule has 2 aromatic rings. The number of aryl methyl sites for hydroxylation is 2. The third-order valence-corrected chi connectivity index (χ3v) is 4.56. The number of benzene rings is 1. The molecule has 0 radical (unpaired) electrons. The third kappa shape index (κ3) is 2.14. The molecular formula is C18H21NO. The van der Waals surface area contributed by atoms with Crippen LogP contribution in [-0.4, -0.2) is 10.1 Å². The average molecular weight is 267 g/mol. The predicted octanol–water partition coefficient (Wildman–Crippen LogP) is 3.72. The summed E-state index contributed by atoms with van der Waals surface area (Å²) in [5, 5.41) is 11.2. The zero-order chi connectivity index (χ0) is 14.2. The minimum absolute atomic E-state index is 0.0774. The van der Waals surface area contributed by atoms with Gasteiger partial charge in [0.2, 0.25) is 0 Å². The Morgan fingerprint density at radius 3 is 2.80 bits per heavy atom. The number of rotatable bonds is 2. The summed E-state index contributed by atoms with van der Waals surface area (Å²) in [6.45, 7) is 4.00. The van der Waals surface area contributed by atoms with E-state index in [-0.39, 0.29) is 5.92 Å². The molecule has 104 valence electrons. The van der Waals surface area contributed by atoms with E-state index in [0.717, 1.165) is 36.1 Å². The molecule has 2 nitrogen and oxygen atoms in total. The van der Waals surface area contributed by atoms with Crippen LogP contribution in [0.1, 0.15) is 48.1 Å². The zero-order valence-electron chi connectivity index (χ0n) is 12.1. The molecule has 2 heteroatoms. The van der Waals surface area contributed by atoms with Gasteiger partial charge in [-0.2, -0.15) is 0 Å². The number of aliphatic hydroxyl groups is 1. The summed E-state index contributed by atoms with van der Waals surface area (Å²) in [6.07, 6.45) is 5.02. The van der Waals surface area contributed by atoms with Crippen molar-refractivity contribution in [2.75, 3.05) is 0 Å². The molecule has 1 aromatic carbocycles. The van der Waals surface area contributed by atoms with Crippen LogP contribution in [0.2, 0.25) is 0 Å². The summed E-state index contributed by atoms with van der Waals surface area (Å²) in [5.41, 5.74) is 3.66. The van der Waals surface area contributed by atoms with Crippen LogP contribution >= 0.6 is 0 Å². The lowest BCUT2D eigenvalue weighted by molar-refractivity contribution is 0.0183. The van der Waals surface area contributed by atoms with Gasteiger partial charge in [-0.25, -0.2) is 0 Å². The second kappa shape index (κ2) is 5.02. The van der Waals surface area contributed by atoms with Crippen LogP contribution in [0.25, 0.3) is 0 Å². The van der Waals surface area contributed by atoms with Crippen molar-refractivity contribution in [2.45, 2.75) is 44.6 Å². The van der Waals surface area contributed by atoms with Crippen molar-refractivity contribution in [3.63, 3.8) is 0 Å². The maximum Gasteiger partial charge on any atom is 0.0954 e. The van der Waals surface area contributed by atoms with Crippen LogP contribution in [0.4, 0.5) is 0 Å². The molecule has 20 heavy (non-hydrogen) atoms. The number of hydrogen-bond donors (Lipinski definition) is 1. The summed E-state index contributed by atoms with van der Waals surface area (Å²) in [4.78, 5) is 4.56. The molecular weight excluding hydrogens is 246 g/mol. The third-order valence-electron chi connectivity index (χ3n) is 4.56. The Balaban J connectivity index is 2.07. The first-order valence-corrected chi connectivity index (χ1v) is 7.33. The fraction of sp³-hybridized carbons (Fsp3) is 0.389. The second-order valence-corrected chi connectivity index (χ2v) is 5.96. The van der Waals surface area contributed by atoms with Gasteiger partial charge < -0.3 is 5.11 Å². The van der Waals surface area contributed by atoms with Crippen LogP contribution in [0.5, 0.6) is 0 Å². The first-order valence-electron chi connectivity index (χ1n) is 7.33. The fourth-order valence-corrected chi connectivity index (χ4v) is 3.49. The van der Waals surface area contributed by atoms with Crippen molar-refractivity contribution in [1.29, 1.82) is 0 Å². The molecule has 0 amide bonds. The van der Waals surface area contributed by atoms with E-state index in [1.807, 2.05) is 37.4 Å². The van der Waals surface area contributed by atoms with Crippen molar-refractivity contribution in [3.05, 3.63) is 65.0 Å². The first-order chi connectivity index (χ1) is 9.60. The van der Waals surface area contributed by atoms with Crippen molar-refractivity contribution in [3.8, 4) is 0 Å². The number of hydrogen-bond acceptors (Lipinski definition) is 2. The molecule has 3 rings (SSSR count). The van der Waals surface area contributed by atoms with Crippen LogP contribution < -0.4 is 0 Å². The number of aromatic nitrogens is 1. The largest absolute Gasteiger partial charge is 0.385 e. The van der Waals surface area contributed by atoms with Gasteiger partial charge in [-0.3, -0.25) is 4.98 Å². The van der Waals surface area contributed by atoms with Gasteiger partial charge in [0.05, 0.1) is 5.60 Å². The molecule has 0 spiro atoms. The van der Waals surface area contributed by atoms with Gasteiger partial charge >= 0.3 is 0 Å². The highest BCUT2D eigenvalue weighted by Gasteiger charge is 2.38. The molecule has 1 N–H and O–H groups in total. The summed E-state index contributed by atoms with van der Waals surface area (Å²) in [5.74, 6) is 0.0774. The highest BCUT2D eigenvalue weighted by molar-refractivity contribution is 5.37. The van der Waals surface area contributed by atoms with Gasteiger partial charge in [-0.05, 0) is 55.9 Å². The van der Waals surface area contributed by atoms with Crippen LogP contribution in [0, 0.1) is 6.92 Å². The first kappa shape index (κ1) is 13.3. The predicted molar refractivity (Wildman–Crippen MR) is 80.7 cm³/mol. The maximum absolute atomic E-state index is 11.2. The Kier molecular flexibility index (Phi) is 3.35. The summed E-state index contributed by atoms with van der Waals surface area (Å²) < 4.78 is 0. The highest BCUT2D eigenvalue weighted by atomic mass is 16.3. The van der Waals surface area contributed by atoms with Crippen LogP contribution in [-0.2, 0) is 12.0 Å². The van der Waals surface area contributed by atoms with E-state index in [4.69, 9.17) is 0 Å². The van der Waals surface area contributed by atoms with Crippen molar-refractivity contribution in [2.24, 2.45) is 0 Å².